The smallest absolute Gasteiger partial charge is 0.180 e. The van der Waals surface area contributed by atoms with Crippen LogP contribution in [0.25, 0.3) is 0 Å². The fourth-order valence-electron chi connectivity index (χ4n) is 0.835. The highest BCUT2D eigenvalue weighted by molar-refractivity contribution is 6.02. The molecule has 78 valence electrons. The molecule has 0 fully saturated rings. The lowest BCUT2D eigenvalue weighted by Gasteiger charge is -2.24. The Morgan fingerprint density at radius 3 is 2.36 bits per heavy atom. The monoisotopic (exact) mass is 194 g/mol. The van der Waals surface area contributed by atoms with Crippen LogP contribution in [0, 0.1) is 5.41 Å². The van der Waals surface area contributed by atoms with Crippen LogP contribution in [0.1, 0.15) is 20.8 Å². The molecule has 1 N–H and O–H groups in total. The summed E-state index contributed by atoms with van der Waals surface area (Å²) in [6.07, 6.45) is 3.91. The molecule has 2 heteroatoms. The van der Waals surface area contributed by atoms with Gasteiger partial charge in [0.25, 0.3) is 0 Å². The van der Waals surface area contributed by atoms with Crippen molar-refractivity contribution < 1.29 is 9.90 Å². The van der Waals surface area contributed by atoms with Crippen LogP contribution in [0.5, 0.6) is 0 Å². The van der Waals surface area contributed by atoms with Crippen LogP contribution in [-0.4, -0.2) is 17.0 Å². The van der Waals surface area contributed by atoms with E-state index in [0.29, 0.717) is 5.57 Å². The topological polar surface area (TPSA) is 37.3 Å². The Balaban J connectivity index is 4.57. The summed E-state index contributed by atoms with van der Waals surface area (Å²) in [5, 5.41) is 9.53. The van der Waals surface area contributed by atoms with E-state index in [2.05, 4.69) is 13.2 Å². The van der Waals surface area contributed by atoms with Crippen LogP contribution < -0.4 is 0 Å². The van der Waals surface area contributed by atoms with Crippen molar-refractivity contribution in [3.05, 3.63) is 37.0 Å². The van der Waals surface area contributed by atoms with Crippen molar-refractivity contribution in [3.8, 4) is 0 Å². The minimum absolute atomic E-state index is 0.116. The van der Waals surface area contributed by atoms with E-state index in [4.69, 9.17) is 0 Å². The third kappa shape index (κ3) is 3.71. The number of carbonyl (C=O) groups is 1. The van der Waals surface area contributed by atoms with Gasteiger partial charge in [-0.15, -0.1) is 6.58 Å². The average Bonchev–Trinajstić information content (AvgIpc) is 2.12. The lowest BCUT2D eigenvalue weighted by atomic mass is 9.86. The molecule has 0 aliphatic carbocycles. The summed E-state index contributed by atoms with van der Waals surface area (Å²) in [6.45, 7) is 12.4. The predicted molar refractivity (Wildman–Crippen MR) is 58.9 cm³/mol. The number of rotatable bonds is 5. The molecule has 0 saturated carbocycles. The van der Waals surface area contributed by atoms with Crippen molar-refractivity contribution in [3.63, 3.8) is 0 Å². The summed E-state index contributed by atoms with van der Waals surface area (Å²) in [6, 6.07) is 0. The minimum Gasteiger partial charge on any atom is -0.388 e. The van der Waals surface area contributed by atoms with Gasteiger partial charge < -0.3 is 5.11 Å². The number of ketones is 1. The largest absolute Gasteiger partial charge is 0.388 e. The number of aliphatic hydroxyl groups excluding tert-OH is 1. The number of aliphatic hydroxyl groups is 1. The number of hydrogen-bond donors (Lipinski definition) is 1. The van der Waals surface area contributed by atoms with Crippen LogP contribution in [0.4, 0.5) is 0 Å². The van der Waals surface area contributed by atoms with Gasteiger partial charge in [-0.2, -0.15) is 0 Å². The number of hydrogen-bond acceptors (Lipinski definition) is 2. The van der Waals surface area contributed by atoms with Crippen molar-refractivity contribution in [2.45, 2.75) is 26.9 Å². The third-order valence-corrected chi connectivity index (χ3v) is 2.07. The van der Waals surface area contributed by atoms with Gasteiger partial charge >= 0.3 is 0 Å². The van der Waals surface area contributed by atoms with E-state index in [9.17, 15) is 9.90 Å². The highest BCUT2D eigenvalue weighted by Crippen LogP contribution is 2.23. The van der Waals surface area contributed by atoms with Gasteiger partial charge in [-0.3, -0.25) is 4.79 Å². The Labute approximate surface area is 85.6 Å². The molecule has 1 atom stereocenters. The lowest BCUT2D eigenvalue weighted by molar-refractivity contribution is -0.111. The van der Waals surface area contributed by atoms with Gasteiger partial charge in [0.05, 0.1) is 6.10 Å². The highest BCUT2D eigenvalue weighted by Gasteiger charge is 2.22. The van der Waals surface area contributed by atoms with E-state index in [0.717, 1.165) is 0 Å². The van der Waals surface area contributed by atoms with Crippen molar-refractivity contribution in [2.75, 3.05) is 0 Å². The molecule has 0 unspecified atom stereocenters. The fraction of sp³-hybridized carbons (Fsp3) is 0.417. The van der Waals surface area contributed by atoms with Crippen LogP contribution in [0.3, 0.4) is 0 Å². The molecule has 0 aliphatic heterocycles. The maximum absolute atomic E-state index is 11.2. The first kappa shape index (κ1) is 12.8. The predicted octanol–water partition coefficient (Wildman–Crippen LogP) is 2.26. The normalized spacial score (nSPS) is 14.0. The molecule has 0 aliphatic rings. The van der Waals surface area contributed by atoms with Gasteiger partial charge in [-0.1, -0.05) is 32.6 Å². The molecule has 0 aromatic carbocycles. The first-order valence-electron chi connectivity index (χ1n) is 4.51. The highest BCUT2D eigenvalue weighted by atomic mass is 16.3. The van der Waals surface area contributed by atoms with E-state index < -0.39 is 11.5 Å². The Morgan fingerprint density at radius 1 is 1.50 bits per heavy atom. The zero-order valence-electron chi connectivity index (χ0n) is 9.08. The summed E-state index contributed by atoms with van der Waals surface area (Å²) in [5.74, 6) is -0.116. The average molecular weight is 194 g/mol. The van der Waals surface area contributed by atoms with Crippen molar-refractivity contribution in [2.24, 2.45) is 5.41 Å². The second kappa shape index (κ2) is 4.91. The summed E-state index contributed by atoms with van der Waals surface area (Å²) >= 11 is 0. The van der Waals surface area contributed by atoms with Crippen LogP contribution in [0.15, 0.2) is 37.0 Å². The second-order valence-electron chi connectivity index (χ2n) is 3.98. The third-order valence-electron chi connectivity index (χ3n) is 2.07. The molecule has 2 nitrogen and oxygen atoms in total. The molecule has 0 rings (SSSR count). The molecular weight excluding hydrogens is 176 g/mol. The molecule has 0 spiro atoms. The molecule has 0 saturated heterocycles. The molecule has 0 heterocycles. The number of allylic oxidation sites excluding steroid dienone is 2. The van der Waals surface area contributed by atoms with Gasteiger partial charge in [0.1, 0.15) is 0 Å². The maximum atomic E-state index is 11.2. The zero-order chi connectivity index (χ0) is 11.4. The molecule has 0 aromatic heterocycles. The molecule has 0 bridgehead atoms. The second-order valence-corrected chi connectivity index (χ2v) is 3.98. The number of carbonyl (C=O) groups excluding carboxylic acids is 1. The van der Waals surface area contributed by atoms with Gasteiger partial charge in [-0.05, 0) is 18.6 Å². The maximum Gasteiger partial charge on any atom is 0.180 e. The quantitative estimate of drug-likeness (QED) is 0.538. The molecule has 0 amide bonds. The summed E-state index contributed by atoms with van der Waals surface area (Å²) in [7, 11) is 0. The zero-order valence-corrected chi connectivity index (χ0v) is 9.08. The SMILES string of the molecule is C=C[C@H](O)C(C)(C)/C=C/C(=O)C(=C)C. The van der Waals surface area contributed by atoms with Crippen molar-refractivity contribution in [1.29, 1.82) is 0 Å². The standard InChI is InChI=1S/C12H18O2/c1-6-11(14)12(4,5)8-7-10(13)9(2)3/h6-8,11,14H,1-2H2,3-5H3/b8-7+/t11-/m0/s1. The van der Waals surface area contributed by atoms with Crippen molar-refractivity contribution in [1.82, 2.24) is 0 Å². The van der Waals surface area contributed by atoms with E-state index in [-0.39, 0.29) is 5.78 Å². The Bertz CT molecular complexity index is 272. The van der Waals surface area contributed by atoms with E-state index in [1.807, 2.05) is 13.8 Å². The summed E-state index contributed by atoms with van der Waals surface area (Å²) in [4.78, 5) is 11.2. The molecule has 0 aromatic rings. The van der Waals surface area contributed by atoms with Gasteiger partial charge in [0, 0.05) is 5.41 Å². The molecule has 14 heavy (non-hydrogen) atoms. The van der Waals surface area contributed by atoms with Gasteiger partial charge in [0.15, 0.2) is 5.78 Å². The Hall–Kier alpha value is -1.15. The van der Waals surface area contributed by atoms with Gasteiger partial charge in [-0.25, -0.2) is 0 Å². The first-order chi connectivity index (χ1) is 6.31. The minimum atomic E-state index is -0.656. The van der Waals surface area contributed by atoms with Crippen LogP contribution in [0.2, 0.25) is 0 Å². The van der Waals surface area contributed by atoms with Crippen molar-refractivity contribution >= 4 is 5.78 Å². The summed E-state index contributed by atoms with van der Waals surface area (Å²) < 4.78 is 0. The summed E-state index contributed by atoms with van der Waals surface area (Å²) in [5.41, 5.74) is 0.0116. The van der Waals surface area contributed by atoms with E-state index in [1.165, 1.54) is 12.2 Å². The van der Waals surface area contributed by atoms with Crippen LogP contribution >= 0.6 is 0 Å². The van der Waals surface area contributed by atoms with E-state index >= 15 is 0 Å². The molecule has 0 radical (unpaired) electrons. The van der Waals surface area contributed by atoms with Gasteiger partial charge in [0.2, 0.25) is 0 Å². The fourth-order valence-corrected chi connectivity index (χ4v) is 0.835. The lowest BCUT2D eigenvalue weighted by Crippen LogP contribution is -2.25. The van der Waals surface area contributed by atoms with Crippen LogP contribution in [-0.2, 0) is 4.79 Å². The Morgan fingerprint density at radius 2 is 2.00 bits per heavy atom. The molecular formula is C12H18O2. The first-order valence-corrected chi connectivity index (χ1v) is 4.51. The van der Waals surface area contributed by atoms with E-state index in [1.54, 1.807) is 13.0 Å². The Kier molecular flexibility index (Phi) is 4.51.